The third-order valence-corrected chi connectivity index (χ3v) is 5.48. The van der Waals surface area contributed by atoms with Gasteiger partial charge in [0.05, 0.1) is 5.75 Å². The summed E-state index contributed by atoms with van der Waals surface area (Å²) in [6.07, 6.45) is 0.943. The first-order chi connectivity index (χ1) is 13.2. The molecule has 1 N–H and O–H groups in total. The summed E-state index contributed by atoms with van der Waals surface area (Å²) in [5, 5.41) is 2.92. The number of benzene rings is 2. The Morgan fingerprint density at radius 2 is 1.75 bits per heavy atom. The molecule has 0 radical (unpaired) electrons. The number of carbonyl (C=O) groups is 1. The first kappa shape index (κ1) is 21.8. The molecule has 0 heterocycles. The fraction of sp³-hybridized carbons (Fsp3) is 0.381. The van der Waals surface area contributed by atoms with Crippen molar-refractivity contribution in [2.45, 2.75) is 46.7 Å². The predicted octanol–water partition coefficient (Wildman–Crippen LogP) is 4.42. The lowest BCUT2D eigenvalue weighted by Gasteiger charge is -2.27. The van der Waals surface area contributed by atoms with Gasteiger partial charge in [-0.15, -0.1) is 0 Å². The fourth-order valence-corrected chi connectivity index (χ4v) is 3.12. The molecule has 7 heteroatoms. The van der Waals surface area contributed by atoms with Crippen molar-refractivity contribution < 1.29 is 17.4 Å². The number of amides is 2. The van der Waals surface area contributed by atoms with Crippen molar-refractivity contribution in [3.63, 3.8) is 0 Å². The van der Waals surface area contributed by atoms with Crippen molar-refractivity contribution in [3.05, 3.63) is 59.7 Å². The minimum absolute atomic E-state index is 0.0427. The number of carbonyl (C=O) groups excluding carboxylic acids is 1. The standard InChI is InChI=1S/C21H28N2O4S/c1-5-17-10-12-19(13-11-17)22-21(24)23(16(3)4)15-18-8-7-9-20(14-18)27-28(25,26)6-2/h7-14,16H,5-6,15H2,1-4H3,(H,22,24). The van der Waals surface area contributed by atoms with E-state index in [-0.39, 0.29) is 23.6 Å². The first-order valence-electron chi connectivity index (χ1n) is 9.41. The van der Waals surface area contributed by atoms with Gasteiger partial charge >= 0.3 is 16.1 Å². The molecule has 0 fully saturated rings. The Balaban J connectivity index is 2.12. The lowest BCUT2D eigenvalue weighted by atomic mass is 10.1. The van der Waals surface area contributed by atoms with E-state index < -0.39 is 10.1 Å². The van der Waals surface area contributed by atoms with Crippen molar-refractivity contribution in [1.82, 2.24) is 4.90 Å². The van der Waals surface area contributed by atoms with E-state index in [4.69, 9.17) is 4.18 Å². The zero-order chi connectivity index (χ0) is 20.7. The van der Waals surface area contributed by atoms with Crippen LogP contribution in [0.3, 0.4) is 0 Å². The van der Waals surface area contributed by atoms with E-state index in [9.17, 15) is 13.2 Å². The van der Waals surface area contributed by atoms with Gasteiger partial charge in [0.2, 0.25) is 0 Å². The SMILES string of the molecule is CCc1ccc(NC(=O)N(Cc2cccc(OS(=O)(=O)CC)c2)C(C)C)cc1. The molecule has 2 rings (SSSR count). The molecule has 0 spiro atoms. The average Bonchev–Trinajstić information content (AvgIpc) is 2.66. The molecule has 2 aromatic rings. The van der Waals surface area contributed by atoms with Gasteiger partial charge in [0.25, 0.3) is 0 Å². The Bertz CT molecular complexity index is 893. The summed E-state index contributed by atoms with van der Waals surface area (Å²) in [7, 11) is -3.59. The summed E-state index contributed by atoms with van der Waals surface area (Å²) >= 11 is 0. The second-order valence-corrected chi connectivity index (χ2v) is 8.64. The maximum atomic E-state index is 12.8. The number of aryl methyl sites for hydroxylation is 1. The van der Waals surface area contributed by atoms with Crippen LogP contribution >= 0.6 is 0 Å². The monoisotopic (exact) mass is 404 g/mol. The normalized spacial score (nSPS) is 11.3. The maximum absolute atomic E-state index is 12.8. The second-order valence-electron chi connectivity index (χ2n) is 6.78. The molecule has 0 aliphatic rings. The summed E-state index contributed by atoms with van der Waals surface area (Å²) in [6.45, 7) is 7.80. The van der Waals surface area contributed by atoms with Gasteiger partial charge in [-0.1, -0.05) is 31.2 Å². The van der Waals surface area contributed by atoms with Gasteiger partial charge in [-0.25, -0.2) is 4.79 Å². The summed E-state index contributed by atoms with van der Waals surface area (Å²) in [5.74, 6) is 0.146. The van der Waals surface area contributed by atoms with Gasteiger partial charge in [-0.3, -0.25) is 0 Å². The summed E-state index contributed by atoms with van der Waals surface area (Å²) in [4.78, 5) is 14.4. The summed E-state index contributed by atoms with van der Waals surface area (Å²) in [5.41, 5.74) is 2.73. The highest BCUT2D eigenvalue weighted by Crippen LogP contribution is 2.19. The van der Waals surface area contributed by atoms with Crippen molar-refractivity contribution in [2.75, 3.05) is 11.1 Å². The van der Waals surface area contributed by atoms with Crippen molar-refractivity contribution in [2.24, 2.45) is 0 Å². The molecular weight excluding hydrogens is 376 g/mol. The molecule has 0 saturated carbocycles. The molecule has 0 bridgehead atoms. The number of urea groups is 1. The predicted molar refractivity (Wildman–Crippen MR) is 112 cm³/mol. The summed E-state index contributed by atoms with van der Waals surface area (Å²) < 4.78 is 28.4. The van der Waals surface area contributed by atoms with E-state index in [1.807, 2.05) is 44.2 Å². The molecule has 0 atom stereocenters. The first-order valence-corrected chi connectivity index (χ1v) is 11.0. The minimum Gasteiger partial charge on any atom is -0.382 e. The zero-order valence-corrected chi connectivity index (χ0v) is 17.6. The van der Waals surface area contributed by atoms with E-state index >= 15 is 0 Å². The topological polar surface area (TPSA) is 75.7 Å². The zero-order valence-electron chi connectivity index (χ0n) is 16.8. The van der Waals surface area contributed by atoms with Gasteiger partial charge in [0.1, 0.15) is 5.75 Å². The molecule has 28 heavy (non-hydrogen) atoms. The minimum atomic E-state index is -3.59. The molecule has 152 valence electrons. The average molecular weight is 405 g/mol. The van der Waals surface area contributed by atoms with E-state index in [1.54, 1.807) is 23.1 Å². The van der Waals surface area contributed by atoms with Crippen molar-refractivity contribution in [3.8, 4) is 5.75 Å². The Morgan fingerprint density at radius 3 is 2.32 bits per heavy atom. The summed E-state index contributed by atoms with van der Waals surface area (Å²) in [6, 6.07) is 14.3. The molecule has 2 aromatic carbocycles. The van der Waals surface area contributed by atoms with Crippen LogP contribution in [0.5, 0.6) is 5.75 Å². The van der Waals surface area contributed by atoms with Gasteiger partial charge in [-0.05, 0) is 62.6 Å². The molecule has 0 saturated heterocycles. The van der Waals surface area contributed by atoms with Gasteiger partial charge in [0, 0.05) is 18.3 Å². The smallest absolute Gasteiger partial charge is 0.322 e. The number of hydrogen-bond donors (Lipinski definition) is 1. The van der Waals surface area contributed by atoms with E-state index in [2.05, 4.69) is 12.2 Å². The number of anilines is 1. The van der Waals surface area contributed by atoms with Gasteiger partial charge in [0.15, 0.2) is 0 Å². The quantitative estimate of drug-likeness (QED) is 0.661. The largest absolute Gasteiger partial charge is 0.382 e. The van der Waals surface area contributed by atoms with Crippen LogP contribution in [-0.4, -0.2) is 31.1 Å². The van der Waals surface area contributed by atoms with Crippen molar-refractivity contribution in [1.29, 1.82) is 0 Å². The third kappa shape index (κ3) is 6.27. The highest BCUT2D eigenvalue weighted by atomic mass is 32.2. The lowest BCUT2D eigenvalue weighted by Crippen LogP contribution is -2.39. The fourth-order valence-electron chi connectivity index (χ4n) is 2.61. The Kier molecular flexibility index (Phi) is 7.45. The Hall–Kier alpha value is -2.54. The van der Waals surface area contributed by atoms with Crippen LogP contribution in [0, 0.1) is 0 Å². The van der Waals surface area contributed by atoms with Crippen molar-refractivity contribution >= 4 is 21.8 Å². The number of rotatable bonds is 8. The molecule has 2 amide bonds. The van der Waals surface area contributed by atoms with Crippen LogP contribution in [0.15, 0.2) is 48.5 Å². The number of hydrogen-bond acceptors (Lipinski definition) is 4. The number of nitrogens with zero attached hydrogens (tertiary/aromatic N) is 1. The van der Waals surface area contributed by atoms with Crippen LogP contribution in [-0.2, 0) is 23.1 Å². The molecule has 0 unspecified atom stereocenters. The highest BCUT2D eigenvalue weighted by Gasteiger charge is 2.18. The molecule has 6 nitrogen and oxygen atoms in total. The molecule has 0 aliphatic carbocycles. The highest BCUT2D eigenvalue weighted by molar-refractivity contribution is 7.87. The molecule has 0 aliphatic heterocycles. The van der Waals surface area contributed by atoms with Crippen LogP contribution in [0.2, 0.25) is 0 Å². The number of nitrogens with one attached hydrogen (secondary N) is 1. The Labute approximate surface area is 167 Å². The van der Waals surface area contributed by atoms with Gasteiger partial charge < -0.3 is 14.4 Å². The van der Waals surface area contributed by atoms with Crippen LogP contribution in [0.4, 0.5) is 10.5 Å². The van der Waals surface area contributed by atoms with Crippen LogP contribution in [0.25, 0.3) is 0 Å². The molecule has 0 aromatic heterocycles. The van der Waals surface area contributed by atoms with Crippen LogP contribution < -0.4 is 9.50 Å². The van der Waals surface area contributed by atoms with Crippen LogP contribution in [0.1, 0.15) is 38.8 Å². The van der Waals surface area contributed by atoms with Gasteiger partial charge in [-0.2, -0.15) is 8.42 Å². The lowest BCUT2D eigenvalue weighted by molar-refractivity contribution is 0.193. The van der Waals surface area contributed by atoms with E-state index in [0.717, 1.165) is 17.7 Å². The Morgan fingerprint density at radius 1 is 1.07 bits per heavy atom. The van der Waals surface area contributed by atoms with E-state index in [1.165, 1.54) is 12.5 Å². The second kappa shape index (κ2) is 9.59. The third-order valence-electron chi connectivity index (χ3n) is 4.33. The van der Waals surface area contributed by atoms with E-state index in [0.29, 0.717) is 6.54 Å². The molecular formula is C21H28N2O4S. The maximum Gasteiger partial charge on any atom is 0.322 e.